The van der Waals surface area contributed by atoms with Crippen molar-refractivity contribution in [2.45, 2.75) is 0 Å². The zero-order valence-electron chi connectivity index (χ0n) is 9.66. The highest BCUT2D eigenvalue weighted by Crippen LogP contribution is 2.44. The van der Waals surface area contributed by atoms with Gasteiger partial charge in [0.15, 0.2) is 5.75 Å². The predicted octanol–water partition coefficient (Wildman–Crippen LogP) is 2.94. The van der Waals surface area contributed by atoms with Crippen LogP contribution >= 0.6 is 11.3 Å². The summed E-state index contributed by atoms with van der Waals surface area (Å²) < 4.78 is 0.933. The molecule has 0 aromatic carbocycles. The Bertz CT molecular complexity index is 882. The van der Waals surface area contributed by atoms with Crippen LogP contribution in [0.2, 0.25) is 0 Å². The van der Waals surface area contributed by atoms with E-state index in [-0.39, 0.29) is 5.75 Å². The lowest BCUT2D eigenvalue weighted by atomic mass is 10.2. The van der Waals surface area contributed by atoms with Crippen LogP contribution in [-0.2, 0) is 0 Å². The number of nitrogens with zero attached hydrogens (tertiary/aromatic N) is 3. The highest BCUT2D eigenvalue weighted by Gasteiger charge is 2.16. The summed E-state index contributed by atoms with van der Waals surface area (Å²) in [7, 11) is 0. The number of hydrogen-bond donors (Lipinski definition) is 2. The molecule has 0 spiro atoms. The zero-order chi connectivity index (χ0) is 12.8. The molecule has 0 saturated carbocycles. The number of H-pyrrole nitrogens is 1. The summed E-state index contributed by atoms with van der Waals surface area (Å²) in [6, 6.07) is 3.77. The van der Waals surface area contributed by atoms with Crippen LogP contribution in [-0.4, -0.2) is 25.3 Å². The molecule has 0 aliphatic rings. The van der Waals surface area contributed by atoms with Crippen molar-refractivity contribution in [1.82, 2.24) is 20.2 Å². The average Bonchev–Trinajstić information content (AvgIpc) is 3.04. The van der Waals surface area contributed by atoms with Crippen molar-refractivity contribution in [1.29, 1.82) is 0 Å². The zero-order valence-corrected chi connectivity index (χ0v) is 10.5. The third-order valence-electron chi connectivity index (χ3n) is 3.02. The molecule has 0 bridgehead atoms. The maximum atomic E-state index is 10.3. The second-order valence-electron chi connectivity index (χ2n) is 4.15. The maximum absolute atomic E-state index is 10.3. The number of aromatic nitrogens is 4. The van der Waals surface area contributed by atoms with E-state index in [0.717, 1.165) is 26.0 Å². The normalized spacial score (nSPS) is 11.4. The van der Waals surface area contributed by atoms with E-state index in [4.69, 9.17) is 0 Å². The fourth-order valence-electron chi connectivity index (χ4n) is 2.11. The van der Waals surface area contributed by atoms with Gasteiger partial charge in [-0.25, -0.2) is 4.98 Å². The molecule has 6 heteroatoms. The van der Waals surface area contributed by atoms with Gasteiger partial charge in [0.25, 0.3) is 0 Å². The van der Waals surface area contributed by atoms with E-state index in [1.807, 2.05) is 12.1 Å². The molecule has 0 aliphatic heterocycles. The number of rotatable bonds is 1. The van der Waals surface area contributed by atoms with Gasteiger partial charge >= 0.3 is 0 Å². The largest absolute Gasteiger partial charge is 0.504 e. The molecule has 0 saturated heterocycles. The molecule has 4 heterocycles. The van der Waals surface area contributed by atoms with E-state index in [1.165, 1.54) is 11.3 Å². The predicted molar refractivity (Wildman–Crippen MR) is 74.2 cm³/mol. The lowest BCUT2D eigenvalue weighted by Crippen LogP contribution is -1.76. The minimum absolute atomic E-state index is 0.205. The van der Waals surface area contributed by atoms with Crippen LogP contribution in [0.4, 0.5) is 0 Å². The van der Waals surface area contributed by atoms with E-state index < -0.39 is 0 Å². The molecule has 4 aromatic rings. The molecule has 4 rings (SSSR count). The van der Waals surface area contributed by atoms with Gasteiger partial charge in [-0.1, -0.05) is 6.07 Å². The number of pyridine rings is 2. The average molecular weight is 268 g/mol. The van der Waals surface area contributed by atoms with Crippen molar-refractivity contribution in [2.24, 2.45) is 0 Å². The van der Waals surface area contributed by atoms with Gasteiger partial charge in [-0.3, -0.25) is 10.1 Å². The highest BCUT2D eigenvalue weighted by atomic mass is 32.1. The second-order valence-corrected chi connectivity index (χ2v) is 5.18. The first-order valence-corrected chi connectivity index (χ1v) is 6.50. The summed E-state index contributed by atoms with van der Waals surface area (Å²) in [6.45, 7) is 0. The Kier molecular flexibility index (Phi) is 2.07. The number of thiophene rings is 1. The minimum Gasteiger partial charge on any atom is -0.504 e. The van der Waals surface area contributed by atoms with Gasteiger partial charge in [0.05, 0.1) is 27.5 Å². The SMILES string of the molecule is Oc1c(-c2cccnc2)sc2c1ncc1[nH]ncc12. The quantitative estimate of drug-likeness (QED) is 0.556. The molecule has 0 amide bonds. The van der Waals surface area contributed by atoms with Gasteiger partial charge < -0.3 is 5.11 Å². The topological polar surface area (TPSA) is 74.7 Å². The molecule has 0 unspecified atom stereocenters. The van der Waals surface area contributed by atoms with E-state index >= 15 is 0 Å². The molecule has 0 radical (unpaired) electrons. The van der Waals surface area contributed by atoms with Crippen molar-refractivity contribution in [3.63, 3.8) is 0 Å². The van der Waals surface area contributed by atoms with Gasteiger partial charge in [-0.15, -0.1) is 11.3 Å². The number of aromatic amines is 1. The standard InChI is InChI=1S/C13H8N4OS/c18-11-10-13(8-5-16-17-9(8)6-15-10)19-12(11)7-2-1-3-14-4-7/h1-6,18H,(H,16,17). The smallest absolute Gasteiger partial charge is 0.160 e. The Morgan fingerprint density at radius 3 is 3.00 bits per heavy atom. The molecule has 2 N–H and O–H groups in total. The second kappa shape index (κ2) is 3.76. The van der Waals surface area contributed by atoms with Crippen LogP contribution < -0.4 is 0 Å². The van der Waals surface area contributed by atoms with Gasteiger partial charge in [0.1, 0.15) is 5.52 Å². The number of aromatic hydroxyl groups is 1. The fourth-order valence-corrected chi connectivity index (χ4v) is 3.27. The Morgan fingerprint density at radius 2 is 2.16 bits per heavy atom. The molecule has 19 heavy (non-hydrogen) atoms. The fraction of sp³-hybridized carbons (Fsp3) is 0. The highest BCUT2D eigenvalue weighted by molar-refractivity contribution is 7.23. The Balaban J connectivity index is 2.10. The molecule has 4 aromatic heterocycles. The molecule has 5 nitrogen and oxygen atoms in total. The molecule has 0 fully saturated rings. The van der Waals surface area contributed by atoms with Crippen LogP contribution in [0, 0.1) is 0 Å². The van der Waals surface area contributed by atoms with Gasteiger partial charge in [-0.05, 0) is 6.07 Å². The Morgan fingerprint density at radius 1 is 1.21 bits per heavy atom. The van der Waals surface area contributed by atoms with E-state index in [1.54, 1.807) is 24.8 Å². The van der Waals surface area contributed by atoms with Crippen LogP contribution in [0.25, 0.3) is 31.6 Å². The minimum atomic E-state index is 0.205. The number of fused-ring (bicyclic) bond motifs is 3. The van der Waals surface area contributed by atoms with Gasteiger partial charge in [0.2, 0.25) is 0 Å². The van der Waals surface area contributed by atoms with Crippen molar-refractivity contribution >= 4 is 32.5 Å². The Hall–Kier alpha value is -2.47. The summed E-state index contributed by atoms with van der Waals surface area (Å²) in [5.74, 6) is 0.205. The monoisotopic (exact) mass is 268 g/mol. The van der Waals surface area contributed by atoms with Crippen LogP contribution in [0.15, 0.2) is 36.9 Å². The summed E-state index contributed by atoms with van der Waals surface area (Å²) >= 11 is 1.50. The first-order valence-electron chi connectivity index (χ1n) is 5.68. The summed E-state index contributed by atoms with van der Waals surface area (Å²) in [4.78, 5) is 9.16. The lowest BCUT2D eigenvalue weighted by molar-refractivity contribution is 0.484. The van der Waals surface area contributed by atoms with E-state index in [9.17, 15) is 5.11 Å². The van der Waals surface area contributed by atoms with Crippen molar-refractivity contribution in [3.05, 3.63) is 36.9 Å². The molecule has 0 atom stereocenters. The number of nitrogens with one attached hydrogen (secondary N) is 1. The summed E-state index contributed by atoms with van der Waals surface area (Å²) in [6.07, 6.45) is 6.88. The summed E-state index contributed by atoms with van der Waals surface area (Å²) in [5, 5.41) is 18.2. The summed E-state index contributed by atoms with van der Waals surface area (Å²) in [5.41, 5.74) is 2.36. The van der Waals surface area contributed by atoms with Crippen LogP contribution in [0.1, 0.15) is 0 Å². The van der Waals surface area contributed by atoms with E-state index in [2.05, 4.69) is 20.2 Å². The van der Waals surface area contributed by atoms with Gasteiger partial charge in [-0.2, -0.15) is 5.10 Å². The van der Waals surface area contributed by atoms with Crippen molar-refractivity contribution in [3.8, 4) is 16.2 Å². The van der Waals surface area contributed by atoms with Crippen molar-refractivity contribution < 1.29 is 5.11 Å². The van der Waals surface area contributed by atoms with E-state index in [0.29, 0.717) is 5.52 Å². The Labute approximate surface area is 111 Å². The molecular formula is C13H8N4OS. The van der Waals surface area contributed by atoms with Crippen LogP contribution in [0.3, 0.4) is 0 Å². The van der Waals surface area contributed by atoms with Gasteiger partial charge in [0, 0.05) is 23.3 Å². The molecule has 0 aliphatic carbocycles. The number of hydrogen-bond acceptors (Lipinski definition) is 5. The third kappa shape index (κ3) is 1.43. The molecular weight excluding hydrogens is 260 g/mol. The maximum Gasteiger partial charge on any atom is 0.160 e. The first-order chi connectivity index (χ1) is 9.34. The first kappa shape index (κ1) is 10.5. The molecule has 92 valence electrons. The van der Waals surface area contributed by atoms with Crippen molar-refractivity contribution in [2.75, 3.05) is 0 Å². The third-order valence-corrected chi connectivity index (χ3v) is 4.27. The van der Waals surface area contributed by atoms with Crippen LogP contribution in [0.5, 0.6) is 5.75 Å². The lowest BCUT2D eigenvalue weighted by Gasteiger charge is -1.96.